The van der Waals surface area contributed by atoms with Crippen LogP contribution in [0.2, 0.25) is 0 Å². The molecule has 0 radical (unpaired) electrons. The van der Waals surface area contributed by atoms with Crippen LogP contribution < -0.4 is 61.4 Å². The molecule has 0 aliphatic carbocycles. The standard InChI is InChI=1S/C26H53N13O5/c1-16(40)36-18(8-2-4-12-27)22(42)38-19(9-3-5-13-28)24(44)39-20(11-7-15-35-26(32)33)23(43)37-17(21(29)41)10-6-14-34-25(30)31/h17-20H,2-15,27-28H2,1H3,(H2,29,41)(H,36,40)(H,37,43)(H,38,42)(H,39,44)(H4,30,31,34)(H4,32,33,35)/t17-,18-,19-,20-/m0/s1. The Morgan fingerprint density at radius 1 is 0.523 bits per heavy atom. The molecule has 0 spiro atoms. The van der Waals surface area contributed by atoms with Crippen molar-refractivity contribution in [2.75, 3.05) is 26.2 Å². The first-order chi connectivity index (χ1) is 20.8. The first-order valence-electron chi connectivity index (χ1n) is 14.8. The van der Waals surface area contributed by atoms with Gasteiger partial charge in [0.15, 0.2) is 11.9 Å². The van der Waals surface area contributed by atoms with Gasteiger partial charge in [0.05, 0.1) is 0 Å². The van der Waals surface area contributed by atoms with Crippen molar-refractivity contribution in [2.45, 2.75) is 95.3 Å². The third kappa shape index (κ3) is 19.1. The van der Waals surface area contributed by atoms with Crippen molar-refractivity contribution in [3.05, 3.63) is 0 Å². The maximum absolute atomic E-state index is 13.5. The van der Waals surface area contributed by atoms with E-state index in [1.54, 1.807) is 0 Å². The average Bonchev–Trinajstić information content (AvgIpc) is 2.94. The summed E-state index contributed by atoms with van der Waals surface area (Å²) in [6.07, 6.45) is 3.80. The van der Waals surface area contributed by atoms with Crippen LogP contribution in [0.5, 0.6) is 0 Å². The molecular weight excluding hydrogens is 574 g/mol. The van der Waals surface area contributed by atoms with Crippen LogP contribution in [0, 0.1) is 0 Å². The lowest BCUT2D eigenvalue weighted by Crippen LogP contribution is -2.58. The Morgan fingerprint density at radius 3 is 1.20 bits per heavy atom. The number of rotatable bonds is 24. The lowest BCUT2D eigenvalue weighted by Gasteiger charge is -2.26. The first kappa shape index (κ1) is 39.8. The van der Waals surface area contributed by atoms with E-state index in [-0.39, 0.29) is 44.3 Å². The summed E-state index contributed by atoms with van der Waals surface area (Å²) in [5.41, 5.74) is 38.1. The van der Waals surface area contributed by atoms with Gasteiger partial charge in [-0.25, -0.2) is 0 Å². The van der Waals surface area contributed by atoms with Crippen molar-refractivity contribution >= 4 is 41.5 Å². The van der Waals surface area contributed by atoms with Crippen molar-refractivity contribution in [1.82, 2.24) is 21.3 Å². The van der Waals surface area contributed by atoms with Gasteiger partial charge in [-0.1, -0.05) is 0 Å². The topological polar surface area (TPSA) is 340 Å². The average molecular weight is 628 g/mol. The Bertz CT molecular complexity index is 968. The lowest BCUT2D eigenvalue weighted by atomic mass is 10.0. The predicted molar refractivity (Wildman–Crippen MR) is 168 cm³/mol. The largest absolute Gasteiger partial charge is 0.370 e. The molecule has 0 heterocycles. The molecule has 0 saturated carbocycles. The Kier molecular flexibility index (Phi) is 21.1. The summed E-state index contributed by atoms with van der Waals surface area (Å²) in [5, 5.41) is 10.6. The zero-order chi connectivity index (χ0) is 33.5. The molecule has 18 N–H and O–H groups in total. The molecule has 5 amide bonds. The van der Waals surface area contributed by atoms with Crippen molar-refractivity contribution < 1.29 is 24.0 Å². The van der Waals surface area contributed by atoms with Crippen molar-refractivity contribution in [2.24, 2.45) is 50.1 Å². The second-order valence-electron chi connectivity index (χ2n) is 10.3. The van der Waals surface area contributed by atoms with Gasteiger partial charge in [-0.05, 0) is 77.3 Å². The number of hydrogen-bond acceptors (Lipinski definition) is 9. The molecule has 0 fully saturated rings. The minimum absolute atomic E-state index is 0.102. The molecule has 44 heavy (non-hydrogen) atoms. The summed E-state index contributed by atoms with van der Waals surface area (Å²) in [7, 11) is 0. The Balaban J connectivity index is 5.86. The Labute approximate surface area is 258 Å². The highest BCUT2D eigenvalue weighted by Crippen LogP contribution is 2.08. The number of guanidine groups is 2. The summed E-state index contributed by atoms with van der Waals surface area (Å²) in [5.74, 6) is -3.27. The van der Waals surface area contributed by atoms with E-state index in [0.29, 0.717) is 58.0 Å². The molecular formula is C26H53N13O5. The monoisotopic (exact) mass is 627 g/mol. The molecule has 0 aliphatic heterocycles. The van der Waals surface area contributed by atoms with Gasteiger partial charge >= 0.3 is 0 Å². The second-order valence-corrected chi connectivity index (χ2v) is 10.3. The molecule has 0 aromatic heterocycles. The number of carbonyl (C=O) groups excluding carboxylic acids is 5. The number of nitrogens with two attached hydrogens (primary N) is 7. The van der Waals surface area contributed by atoms with Gasteiger partial charge in [0.25, 0.3) is 0 Å². The third-order valence-corrected chi connectivity index (χ3v) is 6.40. The van der Waals surface area contributed by atoms with E-state index >= 15 is 0 Å². The van der Waals surface area contributed by atoms with E-state index in [1.165, 1.54) is 6.92 Å². The van der Waals surface area contributed by atoms with E-state index in [0.717, 1.165) is 0 Å². The molecule has 0 saturated heterocycles. The van der Waals surface area contributed by atoms with Gasteiger partial charge < -0.3 is 61.4 Å². The number of unbranched alkanes of at least 4 members (excludes halogenated alkanes) is 2. The highest BCUT2D eigenvalue weighted by atomic mass is 16.2. The lowest BCUT2D eigenvalue weighted by molar-refractivity contribution is -0.134. The number of carbonyl (C=O) groups is 5. The summed E-state index contributed by atoms with van der Waals surface area (Å²) in [4.78, 5) is 71.4. The van der Waals surface area contributed by atoms with Crippen LogP contribution in [0.15, 0.2) is 9.98 Å². The molecule has 0 aromatic carbocycles. The van der Waals surface area contributed by atoms with Crippen LogP contribution in [0.1, 0.15) is 71.1 Å². The van der Waals surface area contributed by atoms with E-state index in [9.17, 15) is 24.0 Å². The normalized spacial score (nSPS) is 13.3. The van der Waals surface area contributed by atoms with Gasteiger partial charge in [0.2, 0.25) is 29.5 Å². The third-order valence-electron chi connectivity index (χ3n) is 6.40. The van der Waals surface area contributed by atoms with Crippen LogP contribution in [0.4, 0.5) is 0 Å². The second kappa shape index (κ2) is 23.3. The Hall–Kier alpha value is -4.19. The molecule has 0 unspecified atom stereocenters. The van der Waals surface area contributed by atoms with Crippen LogP contribution in [0.25, 0.3) is 0 Å². The van der Waals surface area contributed by atoms with Crippen LogP contribution in [-0.4, -0.2) is 91.8 Å². The number of nitrogens with zero attached hydrogens (tertiary/aromatic N) is 2. The fourth-order valence-corrected chi connectivity index (χ4v) is 4.15. The highest BCUT2D eigenvalue weighted by molar-refractivity contribution is 5.95. The summed E-state index contributed by atoms with van der Waals surface area (Å²) in [6, 6.07) is -4.10. The number of nitrogens with one attached hydrogen (secondary N) is 4. The van der Waals surface area contributed by atoms with Crippen LogP contribution in [0.3, 0.4) is 0 Å². The molecule has 0 aliphatic rings. The summed E-state index contributed by atoms with van der Waals surface area (Å²) >= 11 is 0. The molecule has 18 nitrogen and oxygen atoms in total. The molecule has 0 rings (SSSR count). The first-order valence-corrected chi connectivity index (χ1v) is 14.8. The van der Waals surface area contributed by atoms with Gasteiger partial charge in [-0.2, -0.15) is 0 Å². The highest BCUT2D eigenvalue weighted by Gasteiger charge is 2.30. The predicted octanol–water partition coefficient (Wildman–Crippen LogP) is -4.20. The number of primary amides is 1. The van der Waals surface area contributed by atoms with Crippen molar-refractivity contribution in [3.8, 4) is 0 Å². The fourth-order valence-electron chi connectivity index (χ4n) is 4.15. The quantitative estimate of drug-likeness (QED) is 0.0277. The molecule has 4 atom stereocenters. The van der Waals surface area contributed by atoms with Gasteiger partial charge in [0, 0.05) is 20.0 Å². The van der Waals surface area contributed by atoms with Gasteiger partial charge in [0.1, 0.15) is 24.2 Å². The minimum atomic E-state index is -1.12. The zero-order valence-electron chi connectivity index (χ0n) is 25.7. The summed E-state index contributed by atoms with van der Waals surface area (Å²) < 4.78 is 0. The number of aliphatic imine (C=N–C) groups is 2. The van der Waals surface area contributed by atoms with Crippen molar-refractivity contribution in [1.29, 1.82) is 0 Å². The van der Waals surface area contributed by atoms with E-state index in [1.807, 2.05) is 0 Å². The maximum Gasteiger partial charge on any atom is 0.243 e. The minimum Gasteiger partial charge on any atom is -0.370 e. The van der Waals surface area contributed by atoms with Gasteiger partial charge in [-0.3, -0.25) is 34.0 Å². The fraction of sp³-hybridized carbons (Fsp3) is 0.731. The molecule has 18 heteroatoms. The Morgan fingerprint density at radius 2 is 0.864 bits per heavy atom. The van der Waals surface area contributed by atoms with Gasteiger partial charge in [-0.15, -0.1) is 0 Å². The summed E-state index contributed by atoms with van der Waals surface area (Å²) in [6.45, 7) is 2.50. The van der Waals surface area contributed by atoms with E-state index in [4.69, 9.17) is 40.1 Å². The SMILES string of the molecule is CC(=O)N[C@@H](CCCCN)C(=O)N[C@@H](CCCCN)C(=O)N[C@@H](CCCN=C(N)N)C(=O)N[C@@H](CCCN=C(N)N)C(N)=O. The molecule has 0 bridgehead atoms. The molecule has 252 valence electrons. The van der Waals surface area contributed by atoms with Crippen LogP contribution >= 0.6 is 0 Å². The van der Waals surface area contributed by atoms with Crippen molar-refractivity contribution in [3.63, 3.8) is 0 Å². The van der Waals surface area contributed by atoms with E-state index < -0.39 is 53.7 Å². The van der Waals surface area contributed by atoms with Crippen LogP contribution in [-0.2, 0) is 24.0 Å². The molecule has 0 aromatic rings. The van der Waals surface area contributed by atoms with E-state index in [2.05, 4.69) is 31.3 Å². The smallest absolute Gasteiger partial charge is 0.243 e. The maximum atomic E-state index is 13.5. The zero-order valence-corrected chi connectivity index (χ0v) is 25.7. The number of hydrogen-bond donors (Lipinski definition) is 11. The number of amides is 5.